The maximum absolute atomic E-state index is 12.9. The smallest absolute Gasteiger partial charge is 0.127 e. The van der Waals surface area contributed by atoms with E-state index in [4.69, 9.17) is 4.74 Å². The van der Waals surface area contributed by atoms with Gasteiger partial charge >= 0.3 is 0 Å². The normalized spacial score (nSPS) is 11.7. The molecule has 21 heavy (non-hydrogen) atoms. The summed E-state index contributed by atoms with van der Waals surface area (Å²) in [6, 6.07) is 14.2. The quantitative estimate of drug-likeness (QED) is 0.660. The van der Waals surface area contributed by atoms with Crippen molar-refractivity contribution in [3.8, 4) is 11.5 Å². The van der Waals surface area contributed by atoms with E-state index < -0.39 is 0 Å². The summed E-state index contributed by atoms with van der Waals surface area (Å²) < 4.78 is 18.6. The number of benzene rings is 2. The fourth-order valence-corrected chi connectivity index (χ4v) is 2.75. The number of hydrogen-bond acceptors (Lipinski definition) is 1. The van der Waals surface area contributed by atoms with Crippen molar-refractivity contribution in [1.29, 1.82) is 0 Å². The van der Waals surface area contributed by atoms with Crippen LogP contribution in [0.3, 0.4) is 0 Å². The molecule has 0 radical (unpaired) electrons. The van der Waals surface area contributed by atoms with E-state index >= 15 is 0 Å². The molecule has 0 atom stereocenters. The van der Waals surface area contributed by atoms with E-state index in [2.05, 4.69) is 39.8 Å². The van der Waals surface area contributed by atoms with Gasteiger partial charge in [-0.2, -0.15) is 0 Å². The lowest BCUT2D eigenvalue weighted by Crippen LogP contribution is -2.19. The van der Waals surface area contributed by atoms with Gasteiger partial charge in [0.05, 0.1) is 0 Å². The molecule has 0 aliphatic heterocycles. The van der Waals surface area contributed by atoms with Gasteiger partial charge in [-0.25, -0.2) is 4.39 Å². The molecule has 2 rings (SSSR count). The van der Waals surface area contributed by atoms with Crippen molar-refractivity contribution in [2.45, 2.75) is 39.5 Å². The van der Waals surface area contributed by atoms with Crippen molar-refractivity contribution in [1.82, 2.24) is 0 Å². The summed E-state index contributed by atoms with van der Waals surface area (Å²) in [5.41, 5.74) is 1.46. The van der Waals surface area contributed by atoms with Gasteiger partial charge in [-0.3, -0.25) is 0 Å². The molecule has 0 fully saturated rings. The zero-order valence-corrected chi connectivity index (χ0v) is 13.2. The Labute approximate surface area is 126 Å². The molecule has 0 heterocycles. The van der Waals surface area contributed by atoms with Crippen molar-refractivity contribution < 1.29 is 9.13 Å². The van der Waals surface area contributed by atoms with Crippen molar-refractivity contribution in [2.24, 2.45) is 5.92 Å². The summed E-state index contributed by atoms with van der Waals surface area (Å²) in [6.07, 6.45) is 1.14. The van der Waals surface area contributed by atoms with Gasteiger partial charge in [0, 0.05) is 0 Å². The third kappa shape index (κ3) is 4.32. The minimum atomic E-state index is -0.256. The number of hydrogen-bond donors (Lipinski definition) is 0. The SMILES string of the molecule is CC(C)CC(C)(C)c1ccc(Oc2ccc(F)cc2)cc1. The first-order valence-corrected chi connectivity index (χ1v) is 7.41. The summed E-state index contributed by atoms with van der Waals surface area (Å²) in [6.45, 7) is 9.02. The second kappa shape index (κ2) is 6.30. The topological polar surface area (TPSA) is 9.23 Å². The predicted molar refractivity (Wildman–Crippen MR) is 85.4 cm³/mol. The summed E-state index contributed by atoms with van der Waals surface area (Å²) in [5.74, 6) is 1.82. The molecule has 2 aromatic rings. The lowest BCUT2D eigenvalue weighted by atomic mass is 9.78. The first-order chi connectivity index (χ1) is 9.87. The van der Waals surface area contributed by atoms with E-state index in [0.717, 1.165) is 12.2 Å². The van der Waals surface area contributed by atoms with Crippen LogP contribution in [-0.2, 0) is 5.41 Å². The molecule has 2 aromatic carbocycles. The van der Waals surface area contributed by atoms with Crippen LogP contribution in [-0.4, -0.2) is 0 Å². The van der Waals surface area contributed by atoms with E-state index in [9.17, 15) is 4.39 Å². The molecule has 0 saturated heterocycles. The highest BCUT2D eigenvalue weighted by molar-refractivity contribution is 5.35. The first-order valence-electron chi connectivity index (χ1n) is 7.41. The van der Waals surface area contributed by atoms with Crippen LogP contribution >= 0.6 is 0 Å². The molecule has 1 nitrogen and oxygen atoms in total. The van der Waals surface area contributed by atoms with Crippen LogP contribution < -0.4 is 4.74 Å². The lowest BCUT2D eigenvalue weighted by Gasteiger charge is -2.27. The fourth-order valence-electron chi connectivity index (χ4n) is 2.75. The number of ether oxygens (including phenoxy) is 1. The zero-order chi connectivity index (χ0) is 15.5. The van der Waals surface area contributed by atoms with Gasteiger partial charge in [-0.1, -0.05) is 39.8 Å². The van der Waals surface area contributed by atoms with Gasteiger partial charge in [0.2, 0.25) is 0 Å². The van der Waals surface area contributed by atoms with Gasteiger partial charge in [0.15, 0.2) is 0 Å². The Balaban J connectivity index is 2.10. The third-order valence-electron chi connectivity index (χ3n) is 3.60. The Morgan fingerprint density at radius 2 is 1.38 bits per heavy atom. The number of halogens is 1. The molecule has 0 bridgehead atoms. The second-order valence-corrected chi connectivity index (χ2v) is 6.56. The van der Waals surface area contributed by atoms with E-state index in [1.54, 1.807) is 12.1 Å². The van der Waals surface area contributed by atoms with Crippen LogP contribution in [0.25, 0.3) is 0 Å². The number of rotatable bonds is 5. The molecule has 0 aliphatic carbocycles. The van der Waals surface area contributed by atoms with Gasteiger partial charge in [-0.05, 0) is 59.7 Å². The maximum Gasteiger partial charge on any atom is 0.127 e. The minimum Gasteiger partial charge on any atom is -0.457 e. The monoisotopic (exact) mass is 286 g/mol. The van der Waals surface area contributed by atoms with Gasteiger partial charge < -0.3 is 4.74 Å². The molecular weight excluding hydrogens is 263 g/mol. The van der Waals surface area contributed by atoms with E-state index in [-0.39, 0.29) is 11.2 Å². The molecule has 0 spiro atoms. The molecule has 0 amide bonds. The van der Waals surface area contributed by atoms with Crippen LogP contribution in [0.2, 0.25) is 0 Å². The van der Waals surface area contributed by atoms with Crippen molar-refractivity contribution >= 4 is 0 Å². The van der Waals surface area contributed by atoms with Crippen LogP contribution in [0.5, 0.6) is 11.5 Å². The molecule has 0 aliphatic rings. The second-order valence-electron chi connectivity index (χ2n) is 6.56. The maximum atomic E-state index is 12.9. The third-order valence-corrected chi connectivity index (χ3v) is 3.60. The highest BCUT2D eigenvalue weighted by atomic mass is 19.1. The largest absolute Gasteiger partial charge is 0.457 e. The van der Waals surface area contributed by atoms with Gasteiger partial charge in [0.1, 0.15) is 17.3 Å². The van der Waals surface area contributed by atoms with Gasteiger partial charge in [0.25, 0.3) is 0 Å². The van der Waals surface area contributed by atoms with Crippen molar-refractivity contribution in [3.63, 3.8) is 0 Å². The summed E-state index contributed by atoms with van der Waals surface area (Å²) in [5, 5.41) is 0. The standard InChI is InChI=1S/C19H23FO/c1-14(2)13-19(3,4)15-5-9-17(10-6-15)21-18-11-7-16(20)8-12-18/h5-12,14H,13H2,1-4H3. The highest BCUT2D eigenvalue weighted by Crippen LogP contribution is 2.32. The Morgan fingerprint density at radius 1 is 0.905 bits per heavy atom. The highest BCUT2D eigenvalue weighted by Gasteiger charge is 2.21. The van der Waals surface area contributed by atoms with Crippen LogP contribution in [0.4, 0.5) is 4.39 Å². The lowest BCUT2D eigenvalue weighted by molar-refractivity contribution is 0.399. The average molecular weight is 286 g/mol. The molecule has 2 heteroatoms. The molecular formula is C19H23FO. The summed E-state index contributed by atoms with van der Waals surface area (Å²) >= 11 is 0. The Kier molecular flexibility index (Phi) is 4.66. The molecule has 0 saturated carbocycles. The van der Waals surface area contributed by atoms with Crippen molar-refractivity contribution in [3.05, 3.63) is 59.9 Å². The average Bonchev–Trinajstić information content (AvgIpc) is 2.41. The van der Waals surface area contributed by atoms with E-state index in [0.29, 0.717) is 11.7 Å². The summed E-state index contributed by atoms with van der Waals surface area (Å²) in [7, 11) is 0. The molecule has 0 unspecified atom stereocenters. The fraction of sp³-hybridized carbons (Fsp3) is 0.368. The van der Waals surface area contributed by atoms with Crippen LogP contribution in [0.1, 0.15) is 39.7 Å². The Morgan fingerprint density at radius 3 is 1.86 bits per heavy atom. The molecule has 112 valence electrons. The molecule has 0 aromatic heterocycles. The first kappa shape index (κ1) is 15.6. The van der Waals surface area contributed by atoms with E-state index in [1.807, 2.05) is 12.1 Å². The Hall–Kier alpha value is -1.83. The Bertz CT molecular complexity index is 568. The predicted octanol–water partition coefficient (Wildman–Crippen LogP) is 5.94. The minimum absolute atomic E-state index is 0.155. The zero-order valence-electron chi connectivity index (χ0n) is 13.2. The van der Waals surface area contributed by atoms with Crippen LogP contribution in [0.15, 0.2) is 48.5 Å². The summed E-state index contributed by atoms with van der Waals surface area (Å²) in [4.78, 5) is 0. The van der Waals surface area contributed by atoms with Crippen molar-refractivity contribution in [2.75, 3.05) is 0 Å². The molecule has 0 N–H and O–H groups in total. The van der Waals surface area contributed by atoms with Crippen LogP contribution in [0, 0.1) is 11.7 Å². The van der Waals surface area contributed by atoms with Gasteiger partial charge in [-0.15, -0.1) is 0 Å². The van der Waals surface area contributed by atoms with E-state index in [1.165, 1.54) is 17.7 Å².